The predicted molar refractivity (Wildman–Crippen MR) is 66.9 cm³/mol. The second-order valence-corrected chi connectivity index (χ2v) is 3.74. The van der Waals surface area contributed by atoms with Crippen molar-refractivity contribution in [2.24, 2.45) is 0 Å². The summed E-state index contributed by atoms with van der Waals surface area (Å²) in [4.78, 5) is 11.2. The number of hydrogen-bond acceptors (Lipinski definition) is 3. The third kappa shape index (κ3) is 3.12. The Bertz CT molecular complexity index is 404. The third-order valence-corrected chi connectivity index (χ3v) is 2.31. The van der Waals surface area contributed by atoms with Gasteiger partial charge in [-0.25, -0.2) is 4.79 Å². The standard InChI is InChI=1S/C13H17NO2.H2/c1-9-6-5-7-12(8-9)10(2)14-11(3)13(15)16-4;/h5-8,11,14H,2H2,1,3-4H3;1H. The van der Waals surface area contributed by atoms with Gasteiger partial charge in [0.1, 0.15) is 6.04 Å². The second-order valence-electron chi connectivity index (χ2n) is 3.74. The van der Waals surface area contributed by atoms with Gasteiger partial charge in [0.2, 0.25) is 0 Å². The van der Waals surface area contributed by atoms with Crippen LogP contribution in [-0.2, 0) is 9.53 Å². The van der Waals surface area contributed by atoms with Gasteiger partial charge in [-0.2, -0.15) is 0 Å². The van der Waals surface area contributed by atoms with Gasteiger partial charge in [0.25, 0.3) is 0 Å². The highest BCUT2D eigenvalue weighted by Gasteiger charge is 2.13. The van der Waals surface area contributed by atoms with Gasteiger partial charge in [-0.05, 0) is 25.5 Å². The molecule has 0 fully saturated rings. The molecular formula is C13H19NO2. The normalized spacial score (nSPS) is 11.7. The number of hydrogen-bond donors (Lipinski definition) is 1. The van der Waals surface area contributed by atoms with E-state index in [0.717, 1.165) is 16.8 Å². The summed E-state index contributed by atoms with van der Waals surface area (Å²) in [5, 5.41) is 3.01. The second kappa shape index (κ2) is 5.35. The molecule has 1 atom stereocenters. The fourth-order valence-electron chi connectivity index (χ4n) is 1.41. The van der Waals surface area contributed by atoms with Crippen molar-refractivity contribution < 1.29 is 11.0 Å². The number of ether oxygens (including phenoxy) is 1. The molecule has 0 aliphatic rings. The summed E-state index contributed by atoms with van der Waals surface area (Å²) >= 11 is 0. The Kier molecular flexibility index (Phi) is 4.11. The molecule has 1 N–H and O–H groups in total. The largest absolute Gasteiger partial charge is 0.467 e. The first kappa shape index (κ1) is 12.3. The number of nitrogens with one attached hydrogen (secondary N) is 1. The van der Waals surface area contributed by atoms with Crippen LogP contribution in [0.15, 0.2) is 30.8 Å². The summed E-state index contributed by atoms with van der Waals surface area (Å²) in [6.45, 7) is 7.66. The van der Waals surface area contributed by atoms with Gasteiger partial charge >= 0.3 is 5.97 Å². The predicted octanol–water partition coefficient (Wildman–Crippen LogP) is 2.36. The van der Waals surface area contributed by atoms with Crippen molar-refractivity contribution in [2.45, 2.75) is 19.9 Å². The molecule has 0 heterocycles. The maximum absolute atomic E-state index is 11.2. The lowest BCUT2D eigenvalue weighted by Gasteiger charge is -2.15. The molecule has 0 aromatic heterocycles. The lowest BCUT2D eigenvalue weighted by molar-refractivity contribution is -0.142. The molecule has 1 aromatic rings. The van der Waals surface area contributed by atoms with E-state index in [1.54, 1.807) is 6.92 Å². The molecule has 3 nitrogen and oxygen atoms in total. The van der Waals surface area contributed by atoms with Crippen molar-refractivity contribution in [1.29, 1.82) is 0 Å². The fraction of sp³-hybridized carbons (Fsp3) is 0.308. The highest BCUT2D eigenvalue weighted by Crippen LogP contribution is 2.12. The highest BCUT2D eigenvalue weighted by molar-refractivity contribution is 5.78. The van der Waals surface area contributed by atoms with Crippen LogP contribution in [0.3, 0.4) is 0 Å². The summed E-state index contributed by atoms with van der Waals surface area (Å²) in [7, 11) is 1.37. The van der Waals surface area contributed by atoms with Crippen LogP contribution in [-0.4, -0.2) is 19.1 Å². The maximum atomic E-state index is 11.2. The van der Waals surface area contributed by atoms with E-state index in [9.17, 15) is 4.79 Å². The molecule has 1 aromatic carbocycles. The van der Waals surface area contributed by atoms with Crippen molar-refractivity contribution in [3.8, 4) is 0 Å². The molecule has 1 rings (SSSR count). The Labute approximate surface area is 97.6 Å². The highest BCUT2D eigenvalue weighted by atomic mass is 16.5. The first-order valence-corrected chi connectivity index (χ1v) is 5.15. The van der Waals surface area contributed by atoms with Crippen molar-refractivity contribution in [1.82, 2.24) is 5.32 Å². The van der Waals surface area contributed by atoms with Gasteiger partial charge in [0.15, 0.2) is 0 Å². The molecule has 1 unspecified atom stereocenters. The van der Waals surface area contributed by atoms with Gasteiger partial charge in [-0.1, -0.05) is 30.3 Å². The Balaban J connectivity index is 0.00000256. The zero-order chi connectivity index (χ0) is 12.1. The fourth-order valence-corrected chi connectivity index (χ4v) is 1.41. The van der Waals surface area contributed by atoms with Crippen molar-refractivity contribution in [2.75, 3.05) is 7.11 Å². The minimum atomic E-state index is -0.391. The molecule has 0 amide bonds. The van der Waals surface area contributed by atoms with Crippen LogP contribution in [0.5, 0.6) is 0 Å². The van der Waals surface area contributed by atoms with E-state index in [2.05, 4.69) is 16.6 Å². The van der Waals surface area contributed by atoms with Crippen LogP contribution >= 0.6 is 0 Å². The monoisotopic (exact) mass is 221 g/mol. The minimum absolute atomic E-state index is 0. The number of benzene rings is 1. The van der Waals surface area contributed by atoms with Gasteiger partial charge in [-0.15, -0.1) is 0 Å². The SMILES string of the molecule is C=C(NC(C)C(=O)OC)c1cccc(C)c1.[HH]. The summed E-state index contributed by atoms with van der Waals surface area (Å²) in [6.07, 6.45) is 0. The Hall–Kier alpha value is -1.77. The number of carbonyl (C=O) groups excluding carboxylic acids is 1. The molecule has 0 spiro atoms. The minimum Gasteiger partial charge on any atom is -0.467 e. The Morgan fingerprint density at radius 3 is 2.81 bits per heavy atom. The van der Waals surface area contributed by atoms with Crippen LogP contribution < -0.4 is 5.32 Å². The summed E-state index contributed by atoms with van der Waals surface area (Å²) in [5.41, 5.74) is 2.86. The van der Waals surface area contributed by atoms with E-state index < -0.39 is 6.04 Å². The molecule has 0 aliphatic carbocycles. The van der Waals surface area contributed by atoms with Gasteiger partial charge < -0.3 is 10.1 Å². The summed E-state index contributed by atoms with van der Waals surface area (Å²) in [6, 6.07) is 7.55. The van der Waals surface area contributed by atoms with Crippen LogP contribution in [0.2, 0.25) is 0 Å². The number of aryl methyl sites for hydroxylation is 1. The lowest BCUT2D eigenvalue weighted by Crippen LogP contribution is -2.33. The quantitative estimate of drug-likeness (QED) is 0.793. The zero-order valence-corrected chi connectivity index (χ0v) is 9.91. The zero-order valence-electron chi connectivity index (χ0n) is 9.91. The molecule has 0 saturated carbocycles. The first-order chi connectivity index (χ1) is 7.54. The molecule has 0 saturated heterocycles. The van der Waals surface area contributed by atoms with E-state index in [1.807, 2.05) is 31.2 Å². The van der Waals surface area contributed by atoms with Crippen LogP contribution in [0, 0.1) is 6.92 Å². The van der Waals surface area contributed by atoms with E-state index >= 15 is 0 Å². The maximum Gasteiger partial charge on any atom is 0.327 e. The lowest BCUT2D eigenvalue weighted by atomic mass is 10.1. The topological polar surface area (TPSA) is 38.3 Å². The summed E-state index contributed by atoms with van der Waals surface area (Å²) in [5.74, 6) is -0.297. The molecule has 0 radical (unpaired) electrons. The average molecular weight is 221 g/mol. The molecule has 3 heteroatoms. The number of carbonyl (C=O) groups is 1. The third-order valence-electron chi connectivity index (χ3n) is 2.31. The summed E-state index contributed by atoms with van der Waals surface area (Å²) < 4.78 is 4.63. The van der Waals surface area contributed by atoms with Gasteiger partial charge in [0, 0.05) is 7.12 Å². The van der Waals surface area contributed by atoms with E-state index in [4.69, 9.17) is 0 Å². The van der Waals surface area contributed by atoms with Crippen molar-refractivity contribution in [3.63, 3.8) is 0 Å². The van der Waals surface area contributed by atoms with Crippen LogP contribution in [0.1, 0.15) is 19.5 Å². The average Bonchev–Trinajstić information content (AvgIpc) is 2.27. The molecule has 16 heavy (non-hydrogen) atoms. The van der Waals surface area contributed by atoms with Gasteiger partial charge in [-0.3, -0.25) is 0 Å². The Morgan fingerprint density at radius 2 is 2.25 bits per heavy atom. The smallest absolute Gasteiger partial charge is 0.327 e. The molecule has 0 bridgehead atoms. The molecular weight excluding hydrogens is 202 g/mol. The van der Waals surface area contributed by atoms with Crippen LogP contribution in [0.4, 0.5) is 0 Å². The van der Waals surface area contributed by atoms with E-state index in [1.165, 1.54) is 7.11 Å². The Morgan fingerprint density at radius 1 is 1.56 bits per heavy atom. The molecule has 0 aliphatic heterocycles. The first-order valence-electron chi connectivity index (χ1n) is 5.15. The van der Waals surface area contributed by atoms with Gasteiger partial charge in [0.05, 0.1) is 7.11 Å². The number of esters is 1. The van der Waals surface area contributed by atoms with Crippen molar-refractivity contribution >= 4 is 11.7 Å². The van der Waals surface area contributed by atoms with E-state index in [-0.39, 0.29) is 7.40 Å². The van der Waals surface area contributed by atoms with Crippen molar-refractivity contribution in [3.05, 3.63) is 42.0 Å². The molecule has 88 valence electrons. The number of rotatable bonds is 4. The van der Waals surface area contributed by atoms with E-state index in [0.29, 0.717) is 0 Å². The van der Waals surface area contributed by atoms with Crippen LogP contribution in [0.25, 0.3) is 5.70 Å². The number of methoxy groups -OCH3 is 1.